The second-order valence-electron chi connectivity index (χ2n) is 7.90. The lowest BCUT2D eigenvalue weighted by Crippen LogP contribution is -2.29. The van der Waals surface area contributed by atoms with Gasteiger partial charge >= 0.3 is 0 Å². The van der Waals surface area contributed by atoms with Crippen LogP contribution in [-0.4, -0.2) is 56.5 Å². The highest BCUT2D eigenvalue weighted by molar-refractivity contribution is 5.88. The number of pyridine rings is 1. The van der Waals surface area contributed by atoms with E-state index in [1.165, 1.54) is 0 Å². The predicted octanol–water partition coefficient (Wildman–Crippen LogP) is 3.63. The van der Waals surface area contributed by atoms with E-state index in [4.69, 9.17) is 29.8 Å². The van der Waals surface area contributed by atoms with Gasteiger partial charge in [0.25, 0.3) is 0 Å². The molecule has 11 nitrogen and oxygen atoms in total. The van der Waals surface area contributed by atoms with E-state index in [0.29, 0.717) is 19.1 Å². The highest BCUT2D eigenvalue weighted by atomic mass is 16.6. The van der Waals surface area contributed by atoms with Crippen LogP contribution < -0.4 is 4.74 Å². The molecule has 166 valence electrons. The third-order valence-electron chi connectivity index (χ3n) is 5.86. The average molecular weight is 436 g/mol. The maximum Gasteiger partial charge on any atom is 0.220 e. The van der Waals surface area contributed by atoms with Crippen LogP contribution in [0, 0.1) is 0 Å². The second-order valence-corrected chi connectivity index (χ2v) is 7.90. The van der Waals surface area contributed by atoms with Gasteiger partial charge in [-0.2, -0.15) is 10.2 Å². The van der Waals surface area contributed by atoms with Crippen molar-refractivity contribution >= 4 is 17.1 Å². The number of nitrogens with zero attached hydrogens (tertiary/aromatic N) is 8. The van der Waals surface area contributed by atoms with Crippen molar-refractivity contribution in [2.24, 2.45) is 12.2 Å². The zero-order valence-electron chi connectivity index (χ0n) is 17.8. The Morgan fingerprint density at radius 3 is 3.03 bits per heavy atom. The Morgan fingerprint density at radius 2 is 2.25 bits per heavy atom. The molecule has 0 spiro atoms. The molecule has 0 N–H and O–H groups in total. The Labute approximate surface area is 184 Å². The molecule has 2 aliphatic rings. The van der Waals surface area contributed by atoms with E-state index >= 15 is 0 Å². The van der Waals surface area contributed by atoms with Crippen LogP contribution in [0.2, 0.25) is 0 Å². The van der Waals surface area contributed by atoms with E-state index in [1.807, 2.05) is 10.7 Å². The maximum absolute atomic E-state index is 8.80. The van der Waals surface area contributed by atoms with E-state index in [1.54, 1.807) is 30.2 Å². The van der Waals surface area contributed by atoms with Crippen molar-refractivity contribution in [3.05, 3.63) is 41.2 Å². The number of hydrogen-bond donors (Lipinski definition) is 0. The molecule has 2 aliphatic heterocycles. The number of aryl methyl sites for hydroxylation is 1. The number of ether oxygens (including phenoxy) is 3. The lowest BCUT2D eigenvalue weighted by atomic mass is 10.1. The van der Waals surface area contributed by atoms with Crippen LogP contribution in [0.3, 0.4) is 0 Å². The summed E-state index contributed by atoms with van der Waals surface area (Å²) in [6.07, 6.45) is 7.84. The lowest BCUT2D eigenvalue weighted by molar-refractivity contribution is -0.0370. The molecule has 3 atom stereocenters. The summed E-state index contributed by atoms with van der Waals surface area (Å²) in [7, 11) is 1.80. The van der Waals surface area contributed by atoms with Gasteiger partial charge in [-0.05, 0) is 36.9 Å². The van der Waals surface area contributed by atoms with Crippen molar-refractivity contribution in [3.63, 3.8) is 0 Å². The lowest BCUT2D eigenvalue weighted by Gasteiger charge is -2.23. The quantitative estimate of drug-likeness (QED) is 0.330. The van der Waals surface area contributed by atoms with E-state index in [0.717, 1.165) is 53.7 Å². The van der Waals surface area contributed by atoms with Crippen LogP contribution in [0.1, 0.15) is 31.2 Å². The fourth-order valence-corrected chi connectivity index (χ4v) is 4.18. The summed E-state index contributed by atoms with van der Waals surface area (Å²) in [5.74, 6) is 0.558. The zero-order chi connectivity index (χ0) is 22.1. The van der Waals surface area contributed by atoms with Crippen molar-refractivity contribution in [1.29, 1.82) is 0 Å². The first-order valence-corrected chi connectivity index (χ1v) is 10.6. The molecule has 32 heavy (non-hydrogen) atoms. The van der Waals surface area contributed by atoms with Gasteiger partial charge in [-0.3, -0.25) is 0 Å². The Kier molecular flexibility index (Phi) is 5.52. The Bertz CT molecular complexity index is 1190. The van der Waals surface area contributed by atoms with Gasteiger partial charge in [-0.25, -0.2) is 14.3 Å². The fraction of sp³-hybridized carbons (Fsp3) is 0.476. The summed E-state index contributed by atoms with van der Waals surface area (Å²) in [5.41, 5.74) is 11.9. The highest BCUT2D eigenvalue weighted by Gasteiger charge is 2.31. The third kappa shape index (κ3) is 3.60. The standard InChI is InChI=1S/C21H24N8O3/c1-3-16-14-8-13(9-23-20(14)29(26-16)19-6-4-5-7-31-19)15-10-24-28(2)21(15)32-18-12-30-11-17(18)25-27-22/h3,8-10,17-19H,1,4-7,11-12H2,2H3/t17-,18+,19?/m1/s1. The molecule has 0 saturated carbocycles. The van der Waals surface area contributed by atoms with E-state index in [-0.39, 0.29) is 18.4 Å². The molecule has 0 amide bonds. The van der Waals surface area contributed by atoms with Crippen molar-refractivity contribution in [2.45, 2.75) is 37.6 Å². The number of azide groups is 1. The summed E-state index contributed by atoms with van der Waals surface area (Å²) >= 11 is 0. The molecule has 5 rings (SSSR count). The third-order valence-corrected chi connectivity index (χ3v) is 5.86. The highest BCUT2D eigenvalue weighted by Crippen LogP contribution is 2.34. The van der Waals surface area contributed by atoms with Crippen LogP contribution in [0.25, 0.3) is 38.7 Å². The smallest absolute Gasteiger partial charge is 0.220 e. The summed E-state index contributed by atoms with van der Waals surface area (Å²) < 4.78 is 21.1. The van der Waals surface area contributed by atoms with Crippen LogP contribution in [0.5, 0.6) is 5.88 Å². The molecule has 2 fully saturated rings. The molecule has 2 saturated heterocycles. The molecule has 0 radical (unpaired) electrons. The van der Waals surface area contributed by atoms with Gasteiger partial charge < -0.3 is 14.2 Å². The summed E-state index contributed by atoms with van der Waals surface area (Å²) in [4.78, 5) is 7.61. The van der Waals surface area contributed by atoms with Gasteiger partial charge in [0.05, 0.1) is 36.7 Å². The molecular formula is C21H24N8O3. The van der Waals surface area contributed by atoms with E-state index in [9.17, 15) is 0 Å². The monoisotopic (exact) mass is 436 g/mol. The summed E-state index contributed by atoms with van der Waals surface area (Å²) in [6, 6.07) is 1.63. The maximum atomic E-state index is 8.80. The molecule has 0 aliphatic carbocycles. The molecule has 5 heterocycles. The summed E-state index contributed by atoms with van der Waals surface area (Å²) in [6.45, 7) is 5.33. The zero-order valence-corrected chi connectivity index (χ0v) is 17.8. The predicted molar refractivity (Wildman–Crippen MR) is 117 cm³/mol. The minimum Gasteiger partial charge on any atom is -0.471 e. The van der Waals surface area contributed by atoms with Crippen LogP contribution >= 0.6 is 0 Å². The number of aromatic nitrogens is 5. The minimum atomic E-state index is -0.385. The number of fused-ring (bicyclic) bond motifs is 1. The summed E-state index contributed by atoms with van der Waals surface area (Å²) in [5, 5.41) is 13.7. The number of rotatable bonds is 6. The van der Waals surface area contributed by atoms with Gasteiger partial charge in [-0.15, -0.1) is 0 Å². The molecule has 3 aromatic heterocycles. The SMILES string of the molecule is C=Cc1nn(C2CCCCO2)c2ncc(-c3cnn(C)c3O[C@H]3COC[C@H]3N=[N+]=[N-])cc12. The van der Waals surface area contributed by atoms with Gasteiger partial charge in [0, 0.05) is 35.7 Å². The van der Waals surface area contributed by atoms with Crippen molar-refractivity contribution in [1.82, 2.24) is 24.5 Å². The Hall–Kier alpha value is -3.40. The minimum absolute atomic E-state index is 0.115. The molecule has 3 aromatic rings. The van der Waals surface area contributed by atoms with Crippen LogP contribution in [0.4, 0.5) is 0 Å². The first kappa shape index (κ1) is 20.5. The van der Waals surface area contributed by atoms with E-state index < -0.39 is 0 Å². The fourth-order valence-electron chi connectivity index (χ4n) is 4.18. The van der Waals surface area contributed by atoms with Crippen LogP contribution in [-0.2, 0) is 16.5 Å². The molecule has 11 heteroatoms. The first-order chi connectivity index (χ1) is 15.7. The topological polar surface area (TPSA) is 125 Å². The van der Waals surface area contributed by atoms with Crippen LogP contribution in [0.15, 0.2) is 30.2 Å². The molecule has 1 unspecified atom stereocenters. The Balaban J connectivity index is 1.52. The van der Waals surface area contributed by atoms with Crippen molar-refractivity contribution in [2.75, 3.05) is 19.8 Å². The van der Waals surface area contributed by atoms with Crippen molar-refractivity contribution < 1.29 is 14.2 Å². The molecular weight excluding hydrogens is 412 g/mol. The van der Waals surface area contributed by atoms with E-state index in [2.05, 4.69) is 21.7 Å². The average Bonchev–Trinajstić information content (AvgIpc) is 3.52. The van der Waals surface area contributed by atoms with Gasteiger partial charge in [0.1, 0.15) is 6.10 Å². The second kappa shape index (κ2) is 8.62. The number of hydrogen-bond acceptors (Lipinski definition) is 7. The van der Waals surface area contributed by atoms with Gasteiger partial charge in [0.2, 0.25) is 5.88 Å². The first-order valence-electron chi connectivity index (χ1n) is 10.6. The Morgan fingerprint density at radius 1 is 1.34 bits per heavy atom. The largest absolute Gasteiger partial charge is 0.471 e. The van der Waals surface area contributed by atoms with Gasteiger partial charge in [-0.1, -0.05) is 11.7 Å². The van der Waals surface area contributed by atoms with Crippen molar-refractivity contribution in [3.8, 4) is 17.0 Å². The molecule has 0 aromatic carbocycles. The normalized spacial score (nSPS) is 23.2. The van der Waals surface area contributed by atoms with Gasteiger partial charge in [0.15, 0.2) is 11.9 Å². The molecule has 0 bridgehead atoms.